The van der Waals surface area contributed by atoms with Gasteiger partial charge in [-0.25, -0.2) is 27.5 Å². The van der Waals surface area contributed by atoms with Crippen LogP contribution in [0, 0.1) is 0 Å². The maximum atomic E-state index is 14.1. The van der Waals surface area contributed by atoms with E-state index in [-0.39, 0.29) is 34.3 Å². The number of alkyl halides is 7. The van der Waals surface area contributed by atoms with Crippen molar-refractivity contribution >= 4 is 29.0 Å². The van der Waals surface area contributed by atoms with E-state index in [0.717, 1.165) is 18.0 Å². The third-order valence-electron chi connectivity index (χ3n) is 6.53. The summed E-state index contributed by atoms with van der Waals surface area (Å²) in [5.74, 6) is -5.47. The fourth-order valence-corrected chi connectivity index (χ4v) is 5.33. The molecule has 0 radical (unpaired) electrons. The minimum Gasteiger partial charge on any atom is -0.393 e. The van der Waals surface area contributed by atoms with E-state index in [1.807, 2.05) is 5.32 Å². The van der Waals surface area contributed by atoms with E-state index in [9.17, 15) is 45.4 Å². The Morgan fingerprint density at radius 1 is 1.26 bits per heavy atom. The molecule has 16 heteroatoms. The average Bonchev–Trinajstić information content (AvgIpc) is 3.37. The van der Waals surface area contributed by atoms with Crippen LogP contribution >= 0.6 is 11.3 Å². The number of thiazole rings is 1. The number of hydrogen-bond acceptors (Lipinski definition) is 7. The number of anilines is 1. The molecule has 1 aliphatic heterocycles. The monoisotopic (exact) mass is 583 g/mol. The first kappa shape index (κ1) is 29.0. The molecular formula is C23H24F7N5O3S. The molecule has 1 saturated heterocycles. The predicted molar refractivity (Wildman–Crippen MR) is 126 cm³/mol. The number of nitrogens with one attached hydrogen (secondary N) is 2. The zero-order valence-corrected chi connectivity index (χ0v) is 21.3. The van der Waals surface area contributed by atoms with Gasteiger partial charge < -0.3 is 20.6 Å². The number of carbonyl (C=O) groups is 2. The van der Waals surface area contributed by atoms with Gasteiger partial charge in [0.1, 0.15) is 17.6 Å². The second kappa shape index (κ2) is 10.5. The molecule has 2 aromatic rings. The normalized spacial score (nSPS) is 23.5. The molecule has 4 rings (SSSR count). The van der Waals surface area contributed by atoms with E-state index in [0.29, 0.717) is 17.4 Å². The van der Waals surface area contributed by atoms with Gasteiger partial charge in [-0.1, -0.05) is 0 Å². The number of hydrogen-bond donors (Lipinski definition) is 3. The number of halogens is 7. The molecule has 1 aliphatic carbocycles. The summed E-state index contributed by atoms with van der Waals surface area (Å²) in [5.41, 5.74) is -1.71. The summed E-state index contributed by atoms with van der Waals surface area (Å²) >= 11 is 0.548. The highest BCUT2D eigenvalue weighted by Gasteiger charge is 2.46. The van der Waals surface area contributed by atoms with Gasteiger partial charge in [0.15, 0.2) is 5.01 Å². The third kappa shape index (κ3) is 6.26. The lowest BCUT2D eigenvalue weighted by Crippen LogP contribution is -2.46. The molecule has 2 aliphatic rings. The van der Waals surface area contributed by atoms with E-state index < -0.39 is 78.6 Å². The molecule has 3 N–H and O–H groups in total. The Morgan fingerprint density at radius 2 is 1.92 bits per heavy atom. The van der Waals surface area contributed by atoms with Crippen molar-refractivity contribution in [1.82, 2.24) is 20.2 Å². The van der Waals surface area contributed by atoms with E-state index in [1.54, 1.807) is 0 Å². The summed E-state index contributed by atoms with van der Waals surface area (Å²) in [7, 11) is 0. The number of nitrogens with zero attached hydrogens (tertiary/aromatic N) is 3. The highest BCUT2D eigenvalue weighted by atomic mass is 32.1. The molecule has 39 heavy (non-hydrogen) atoms. The van der Waals surface area contributed by atoms with Crippen molar-refractivity contribution in [2.45, 2.75) is 75.9 Å². The van der Waals surface area contributed by atoms with Crippen LogP contribution in [0.5, 0.6) is 0 Å². The first-order valence-corrected chi connectivity index (χ1v) is 12.7. The molecule has 1 saturated carbocycles. The van der Waals surface area contributed by atoms with Gasteiger partial charge in [-0.3, -0.25) is 9.59 Å². The van der Waals surface area contributed by atoms with Gasteiger partial charge >= 0.3 is 6.18 Å². The van der Waals surface area contributed by atoms with Crippen LogP contribution in [0.2, 0.25) is 0 Å². The number of pyridine rings is 1. The van der Waals surface area contributed by atoms with E-state index in [4.69, 9.17) is 0 Å². The minimum atomic E-state index is -4.68. The first-order valence-electron chi connectivity index (χ1n) is 11.9. The molecule has 3 heterocycles. The van der Waals surface area contributed by atoms with Gasteiger partial charge in [-0.15, -0.1) is 11.3 Å². The molecule has 0 unspecified atom stereocenters. The first-order chi connectivity index (χ1) is 18.1. The van der Waals surface area contributed by atoms with Gasteiger partial charge in [-0.05, 0) is 32.8 Å². The minimum absolute atomic E-state index is 0.264. The van der Waals surface area contributed by atoms with E-state index in [2.05, 4.69) is 15.3 Å². The second-order valence-corrected chi connectivity index (χ2v) is 10.7. The Hall–Kier alpha value is -3.01. The number of aliphatic hydroxyl groups is 1. The number of aliphatic hydroxyl groups excluding tert-OH is 1. The maximum absolute atomic E-state index is 14.1. The van der Waals surface area contributed by atoms with Crippen LogP contribution in [0.3, 0.4) is 0 Å². The third-order valence-corrected chi connectivity index (χ3v) is 7.62. The van der Waals surface area contributed by atoms with Crippen LogP contribution in [0.15, 0.2) is 12.3 Å². The maximum Gasteiger partial charge on any atom is 0.408 e. The molecule has 0 aromatic carbocycles. The average molecular weight is 584 g/mol. The van der Waals surface area contributed by atoms with Gasteiger partial charge in [0.05, 0.1) is 17.5 Å². The molecule has 2 fully saturated rings. The zero-order valence-electron chi connectivity index (χ0n) is 20.5. The molecule has 2 amide bonds. The van der Waals surface area contributed by atoms with E-state index >= 15 is 0 Å². The summed E-state index contributed by atoms with van der Waals surface area (Å²) < 4.78 is 95.0. The largest absolute Gasteiger partial charge is 0.408 e. The van der Waals surface area contributed by atoms with Gasteiger partial charge in [0, 0.05) is 35.8 Å². The number of carbonyl (C=O) groups excluding carboxylic acids is 2. The van der Waals surface area contributed by atoms with Crippen molar-refractivity contribution < 1.29 is 45.4 Å². The van der Waals surface area contributed by atoms with Crippen LogP contribution in [0.4, 0.5) is 36.6 Å². The van der Waals surface area contributed by atoms with Crippen molar-refractivity contribution in [3.8, 4) is 10.4 Å². The SMILES string of the molecule is C[C@H](Nc1cc(C(F)F)c(-c2sc(C(=O)NC3CC(O)C3)nc2C(=O)N2CC(F)(F)C[C@@H]2C)cn1)C(F)(F)F. The number of aromatic nitrogens is 2. The molecule has 0 spiro atoms. The van der Waals surface area contributed by atoms with Gasteiger partial charge in [0.25, 0.3) is 24.2 Å². The Morgan fingerprint density at radius 3 is 2.46 bits per heavy atom. The molecule has 2 atom stereocenters. The van der Waals surface area contributed by atoms with Crippen molar-refractivity contribution in [1.29, 1.82) is 0 Å². The number of amides is 2. The van der Waals surface area contributed by atoms with E-state index in [1.165, 1.54) is 6.92 Å². The van der Waals surface area contributed by atoms with Crippen LogP contribution in [-0.4, -0.2) is 74.7 Å². The Labute approximate surface area is 221 Å². The van der Waals surface area contributed by atoms with Crippen LogP contribution in [0.25, 0.3) is 10.4 Å². The number of rotatable bonds is 7. The van der Waals surface area contributed by atoms with Crippen LogP contribution in [0.1, 0.15) is 65.4 Å². The summed E-state index contributed by atoms with van der Waals surface area (Å²) in [4.78, 5) is 34.5. The molecule has 8 nitrogen and oxygen atoms in total. The fraction of sp³-hybridized carbons (Fsp3) is 0.565. The van der Waals surface area contributed by atoms with Gasteiger partial charge in [0.2, 0.25) is 0 Å². The van der Waals surface area contributed by atoms with Crippen molar-refractivity contribution in [3.63, 3.8) is 0 Å². The molecule has 2 aromatic heterocycles. The smallest absolute Gasteiger partial charge is 0.393 e. The summed E-state index contributed by atoms with van der Waals surface area (Å²) in [6.07, 6.45) is -7.76. The molecular weight excluding hydrogens is 559 g/mol. The number of likely N-dealkylation sites (tertiary alicyclic amines) is 1. The summed E-state index contributed by atoms with van der Waals surface area (Å²) in [6, 6.07) is -2.71. The quantitative estimate of drug-likeness (QED) is 0.411. The highest BCUT2D eigenvalue weighted by Crippen LogP contribution is 2.40. The Kier molecular flexibility index (Phi) is 7.82. The van der Waals surface area contributed by atoms with Crippen LogP contribution in [-0.2, 0) is 0 Å². The lowest BCUT2D eigenvalue weighted by molar-refractivity contribution is -0.138. The van der Waals surface area contributed by atoms with Crippen LogP contribution < -0.4 is 10.6 Å². The second-order valence-electron chi connectivity index (χ2n) is 9.70. The Bertz CT molecular complexity index is 1250. The fourth-order valence-electron chi connectivity index (χ4n) is 4.34. The molecule has 214 valence electrons. The predicted octanol–water partition coefficient (Wildman–Crippen LogP) is 4.63. The zero-order chi connectivity index (χ0) is 28.9. The summed E-state index contributed by atoms with van der Waals surface area (Å²) in [6.45, 7) is 1.22. The lowest BCUT2D eigenvalue weighted by Gasteiger charge is -2.31. The highest BCUT2D eigenvalue weighted by molar-refractivity contribution is 7.17. The summed E-state index contributed by atoms with van der Waals surface area (Å²) in [5, 5.41) is 13.7. The molecule has 0 bridgehead atoms. The van der Waals surface area contributed by atoms with Crippen molar-refractivity contribution in [2.24, 2.45) is 0 Å². The standard InChI is InChI=1S/C23H24F7N5O3S/c1-9-6-22(26,27)8-35(9)21(38)16-17(39-20(34-16)19(37)33-11-3-12(36)4-11)14-7-31-15(5-13(14)18(24)25)32-10(2)23(28,29)30/h5,7,9-12,18,36H,3-4,6,8H2,1-2H3,(H,31,32)(H,33,37)/t9-,10-,11?,12?/m0/s1. The lowest BCUT2D eigenvalue weighted by atomic mass is 9.89. The topological polar surface area (TPSA) is 107 Å². The Balaban J connectivity index is 1.75. The van der Waals surface area contributed by atoms with Crippen molar-refractivity contribution in [3.05, 3.63) is 28.5 Å². The van der Waals surface area contributed by atoms with Crippen molar-refractivity contribution in [2.75, 3.05) is 11.9 Å². The van der Waals surface area contributed by atoms with Gasteiger partial charge in [-0.2, -0.15) is 13.2 Å².